The maximum Gasteiger partial charge on any atom is 0.338 e. The van der Waals surface area contributed by atoms with E-state index in [-0.39, 0.29) is 16.1 Å². The second-order valence-electron chi connectivity index (χ2n) is 3.75. The van der Waals surface area contributed by atoms with Crippen molar-refractivity contribution in [3.05, 3.63) is 58.4 Å². The SMILES string of the molecule is O=C(O)c1cc(F)c(-c2ccc(Cl)c(F)c2)cc1F. The van der Waals surface area contributed by atoms with Gasteiger partial charge >= 0.3 is 5.97 Å². The molecule has 0 radical (unpaired) electrons. The Kier molecular flexibility index (Phi) is 3.48. The molecule has 6 heteroatoms. The Morgan fingerprint density at radius 2 is 1.68 bits per heavy atom. The van der Waals surface area contributed by atoms with Crippen LogP contribution in [0, 0.1) is 17.5 Å². The molecule has 0 fully saturated rings. The van der Waals surface area contributed by atoms with Gasteiger partial charge in [0.25, 0.3) is 0 Å². The Labute approximate surface area is 111 Å². The van der Waals surface area contributed by atoms with Crippen LogP contribution in [0.15, 0.2) is 30.3 Å². The van der Waals surface area contributed by atoms with Gasteiger partial charge in [-0.2, -0.15) is 0 Å². The molecule has 0 spiro atoms. The van der Waals surface area contributed by atoms with Gasteiger partial charge in [-0.15, -0.1) is 0 Å². The number of carbonyl (C=O) groups is 1. The molecule has 0 aliphatic rings. The Hall–Kier alpha value is -2.01. The van der Waals surface area contributed by atoms with E-state index in [1.807, 2.05) is 0 Å². The fourth-order valence-corrected chi connectivity index (χ4v) is 1.71. The zero-order chi connectivity index (χ0) is 14.2. The number of hydrogen-bond acceptors (Lipinski definition) is 1. The zero-order valence-electron chi connectivity index (χ0n) is 9.25. The summed E-state index contributed by atoms with van der Waals surface area (Å²) >= 11 is 5.49. The molecule has 0 saturated heterocycles. The molecule has 0 aromatic heterocycles. The number of carboxylic acid groups (broad SMARTS) is 1. The minimum absolute atomic E-state index is 0.0650. The normalized spacial score (nSPS) is 10.5. The molecule has 19 heavy (non-hydrogen) atoms. The van der Waals surface area contributed by atoms with Crippen LogP contribution in [0.2, 0.25) is 5.02 Å². The van der Waals surface area contributed by atoms with Crippen molar-refractivity contribution in [2.24, 2.45) is 0 Å². The minimum Gasteiger partial charge on any atom is -0.478 e. The molecule has 0 aliphatic heterocycles. The molecular formula is C13H6ClF3O2. The van der Waals surface area contributed by atoms with Gasteiger partial charge in [-0.05, 0) is 29.8 Å². The van der Waals surface area contributed by atoms with E-state index >= 15 is 0 Å². The summed E-state index contributed by atoms with van der Waals surface area (Å²) in [5, 5.41) is 8.50. The molecule has 0 aliphatic carbocycles. The van der Waals surface area contributed by atoms with Crippen molar-refractivity contribution in [2.45, 2.75) is 0 Å². The molecule has 2 aromatic rings. The summed E-state index contributed by atoms with van der Waals surface area (Å²) in [7, 11) is 0. The van der Waals surface area contributed by atoms with Crippen molar-refractivity contribution in [1.82, 2.24) is 0 Å². The monoisotopic (exact) mass is 286 g/mol. The number of rotatable bonds is 2. The van der Waals surface area contributed by atoms with Crippen LogP contribution >= 0.6 is 11.6 Å². The predicted molar refractivity (Wildman–Crippen MR) is 63.7 cm³/mol. The topological polar surface area (TPSA) is 37.3 Å². The Morgan fingerprint density at radius 3 is 2.26 bits per heavy atom. The number of benzene rings is 2. The highest BCUT2D eigenvalue weighted by Crippen LogP contribution is 2.28. The summed E-state index contributed by atoms with van der Waals surface area (Å²) in [6.45, 7) is 0. The van der Waals surface area contributed by atoms with Crippen LogP contribution in [0.4, 0.5) is 13.2 Å². The van der Waals surface area contributed by atoms with Crippen molar-refractivity contribution in [3.63, 3.8) is 0 Å². The highest BCUT2D eigenvalue weighted by atomic mass is 35.5. The van der Waals surface area contributed by atoms with Crippen LogP contribution < -0.4 is 0 Å². The fourth-order valence-electron chi connectivity index (χ4n) is 1.60. The van der Waals surface area contributed by atoms with E-state index in [1.54, 1.807) is 0 Å². The zero-order valence-corrected chi connectivity index (χ0v) is 10.0. The third-order valence-corrected chi connectivity index (χ3v) is 2.82. The lowest BCUT2D eigenvalue weighted by molar-refractivity contribution is 0.0691. The molecule has 98 valence electrons. The summed E-state index contributed by atoms with van der Waals surface area (Å²) in [6, 6.07) is 4.72. The number of carboxylic acids is 1. The lowest BCUT2D eigenvalue weighted by atomic mass is 10.0. The molecule has 0 atom stereocenters. The van der Waals surface area contributed by atoms with Gasteiger partial charge in [0, 0.05) is 5.56 Å². The molecule has 2 rings (SSSR count). The third kappa shape index (κ3) is 2.56. The van der Waals surface area contributed by atoms with E-state index in [0.717, 1.165) is 6.07 Å². The first-order chi connectivity index (χ1) is 8.90. The van der Waals surface area contributed by atoms with Crippen molar-refractivity contribution < 1.29 is 23.1 Å². The summed E-state index contributed by atoms with van der Waals surface area (Å²) in [4.78, 5) is 10.6. The van der Waals surface area contributed by atoms with Crippen LogP contribution in [0.25, 0.3) is 11.1 Å². The Morgan fingerprint density at radius 1 is 1.00 bits per heavy atom. The molecule has 2 aromatic carbocycles. The summed E-state index contributed by atoms with van der Waals surface area (Å²) in [5.41, 5.74) is -0.955. The van der Waals surface area contributed by atoms with E-state index in [9.17, 15) is 18.0 Å². The fraction of sp³-hybridized carbons (Fsp3) is 0. The van der Waals surface area contributed by atoms with Gasteiger partial charge in [0.2, 0.25) is 0 Å². The number of aromatic carboxylic acids is 1. The van der Waals surface area contributed by atoms with Crippen molar-refractivity contribution in [2.75, 3.05) is 0 Å². The number of halogens is 4. The molecule has 0 heterocycles. The van der Waals surface area contributed by atoms with Crippen LogP contribution in [-0.4, -0.2) is 11.1 Å². The molecule has 0 bridgehead atoms. The summed E-state index contributed by atoms with van der Waals surface area (Å²) in [6.07, 6.45) is 0. The van der Waals surface area contributed by atoms with E-state index in [1.165, 1.54) is 12.1 Å². The third-order valence-electron chi connectivity index (χ3n) is 2.52. The lowest BCUT2D eigenvalue weighted by Gasteiger charge is -2.06. The molecule has 1 N–H and O–H groups in total. The maximum atomic E-state index is 13.7. The largest absolute Gasteiger partial charge is 0.478 e. The van der Waals surface area contributed by atoms with Crippen LogP contribution in [-0.2, 0) is 0 Å². The Balaban J connectivity index is 2.60. The van der Waals surface area contributed by atoms with Gasteiger partial charge in [0.1, 0.15) is 17.5 Å². The molecule has 2 nitrogen and oxygen atoms in total. The predicted octanol–water partition coefficient (Wildman–Crippen LogP) is 4.12. The molecule has 0 unspecified atom stereocenters. The van der Waals surface area contributed by atoms with Crippen molar-refractivity contribution >= 4 is 17.6 Å². The molecular weight excluding hydrogens is 281 g/mol. The van der Waals surface area contributed by atoms with E-state index < -0.39 is 29.0 Å². The van der Waals surface area contributed by atoms with Gasteiger partial charge < -0.3 is 5.11 Å². The second-order valence-corrected chi connectivity index (χ2v) is 4.15. The van der Waals surface area contributed by atoms with Crippen LogP contribution in [0.3, 0.4) is 0 Å². The number of hydrogen-bond donors (Lipinski definition) is 1. The van der Waals surface area contributed by atoms with Crippen LogP contribution in [0.1, 0.15) is 10.4 Å². The highest BCUT2D eigenvalue weighted by Gasteiger charge is 2.16. The van der Waals surface area contributed by atoms with Gasteiger partial charge in [-0.1, -0.05) is 17.7 Å². The quantitative estimate of drug-likeness (QED) is 0.901. The van der Waals surface area contributed by atoms with Crippen LogP contribution in [0.5, 0.6) is 0 Å². The van der Waals surface area contributed by atoms with Crippen molar-refractivity contribution in [3.8, 4) is 11.1 Å². The van der Waals surface area contributed by atoms with Crippen molar-refractivity contribution in [1.29, 1.82) is 0 Å². The second kappa shape index (κ2) is 4.93. The summed E-state index contributed by atoms with van der Waals surface area (Å²) < 4.78 is 40.5. The summed E-state index contributed by atoms with van der Waals surface area (Å²) in [5.74, 6) is -4.41. The molecule has 0 amide bonds. The first-order valence-electron chi connectivity index (χ1n) is 5.08. The smallest absolute Gasteiger partial charge is 0.338 e. The average Bonchev–Trinajstić information content (AvgIpc) is 2.35. The molecule has 0 saturated carbocycles. The van der Waals surface area contributed by atoms with E-state index in [2.05, 4.69) is 0 Å². The lowest BCUT2D eigenvalue weighted by Crippen LogP contribution is -2.02. The average molecular weight is 287 g/mol. The van der Waals surface area contributed by atoms with Gasteiger partial charge in [-0.25, -0.2) is 18.0 Å². The highest BCUT2D eigenvalue weighted by molar-refractivity contribution is 6.30. The van der Waals surface area contributed by atoms with Gasteiger partial charge in [-0.3, -0.25) is 0 Å². The standard InChI is InChI=1S/C13H6ClF3O2/c14-9-2-1-6(3-12(9)17)7-4-11(16)8(13(18)19)5-10(7)15/h1-5H,(H,18,19). The Bertz CT molecular complexity index is 671. The first-order valence-corrected chi connectivity index (χ1v) is 5.45. The van der Waals surface area contributed by atoms with Gasteiger partial charge in [0.05, 0.1) is 10.6 Å². The van der Waals surface area contributed by atoms with Gasteiger partial charge in [0.15, 0.2) is 0 Å². The van der Waals surface area contributed by atoms with E-state index in [0.29, 0.717) is 12.1 Å². The minimum atomic E-state index is -1.58. The van der Waals surface area contributed by atoms with E-state index in [4.69, 9.17) is 16.7 Å². The first kappa shape index (κ1) is 13.4. The maximum absolute atomic E-state index is 13.7.